The topological polar surface area (TPSA) is 61.8 Å². The maximum atomic E-state index is 12.1. The lowest BCUT2D eigenvalue weighted by Crippen LogP contribution is -2.48. The van der Waals surface area contributed by atoms with Gasteiger partial charge < -0.3 is 20.1 Å². The van der Waals surface area contributed by atoms with Crippen LogP contribution in [0.25, 0.3) is 0 Å². The molecule has 1 aliphatic heterocycles. The van der Waals surface area contributed by atoms with Crippen molar-refractivity contribution in [2.45, 2.75) is 44.8 Å². The maximum absolute atomic E-state index is 12.1. The van der Waals surface area contributed by atoms with Crippen molar-refractivity contribution in [1.29, 1.82) is 0 Å². The molecular weight excluding hydrogens is 280 g/mol. The summed E-state index contributed by atoms with van der Waals surface area (Å²) in [6.45, 7) is 3.58. The first-order chi connectivity index (χ1) is 10.7. The Hall–Kier alpha value is -1.75. The predicted octanol–water partition coefficient (Wildman–Crippen LogP) is 2.40. The van der Waals surface area contributed by atoms with Crippen LogP contribution in [0.4, 0.5) is 4.79 Å². The predicted molar refractivity (Wildman–Crippen MR) is 86.0 cm³/mol. The highest BCUT2D eigenvalue weighted by atomic mass is 16.5. The maximum Gasteiger partial charge on any atom is 0.317 e. The van der Waals surface area contributed by atoms with Crippen LogP contribution in [0.3, 0.4) is 0 Å². The van der Waals surface area contributed by atoms with E-state index in [2.05, 4.69) is 5.32 Å². The number of aliphatic hydroxyl groups excluding tert-OH is 1. The number of aliphatic hydroxyl groups is 1. The van der Waals surface area contributed by atoms with Crippen molar-refractivity contribution in [1.82, 2.24) is 10.2 Å². The highest BCUT2D eigenvalue weighted by Gasteiger charge is 2.24. The molecule has 122 valence electrons. The number of benzene rings is 1. The number of carbonyl (C=O) groups excluding carboxylic acids is 1. The number of rotatable bonds is 6. The molecule has 1 unspecified atom stereocenters. The molecule has 5 nitrogen and oxygen atoms in total. The van der Waals surface area contributed by atoms with Gasteiger partial charge in [-0.3, -0.25) is 0 Å². The zero-order chi connectivity index (χ0) is 15.8. The van der Waals surface area contributed by atoms with Crippen LogP contribution in [0.2, 0.25) is 0 Å². The summed E-state index contributed by atoms with van der Waals surface area (Å²) in [5, 5.41) is 11.8. The highest BCUT2D eigenvalue weighted by Crippen LogP contribution is 2.18. The van der Waals surface area contributed by atoms with Crippen LogP contribution in [0.15, 0.2) is 30.3 Å². The van der Waals surface area contributed by atoms with Crippen LogP contribution in [-0.4, -0.2) is 47.9 Å². The van der Waals surface area contributed by atoms with E-state index in [0.717, 1.165) is 38.1 Å². The Morgan fingerprint density at radius 2 is 2.05 bits per heavy atom. The second kappa shape index (κ2) is 8.63. The van der Waals surface area contributed by atoms with E-state index in [-0.39, 0.29) is 24.8 Å². The molecule has 2 amide bonds. The number of ether oxygens (including phenoxy) is 1. The molecule has 2 rings (SSSR count). The molecular formula is C17H26N2O3. The van der Waals surface area contributed by atoms with E-state index >= 15 is 0 Å². The second-order valence-corrected chi connectivity index (χ2v) is 5.83. The van der Waals surface area contributed by atoms with Gasteiger partial charge in [0.25, 0.3) is 0 Å². The minimum absolute atomic E-state index is 0.0106. The molecule has 1 aliphatic rings. The molecule has 1 atom stereocenters. The number of para-hydroxylation sites is 1. The van der Waals surface area contributed by atoms with Gasteiger partial charge in [-0.2, -0.15) is 0 Å². The Kier molecular flexibility index (Phi) is 6.52. The van der Waals surface area contributed by atoms with Crippen molar-refractivity contribution in [3.8, 4) is 5.75 Å². The molecule has 1 aromatic rings. The van der Waals surface area contributed by atoms with Crippen LogP contribution in [0.1, 0.15) is 32.6 Å². The van der Waals surface area contributed by atoms with Crippen LogP contribution in [0.5, 0.6) is 5.75 Å². The van der Waals surface area contributed by atoms with E-state index in [9.17, 15) is 4.79 Å². The van der Waals surface area contributed by atoms with E-state index in [1.165, 1.54) is 0 Å². The lowest BCUT2D eigenvalue weighted by atomic mass is 10.1. The summed E-state index contributed by atoms with van der Waals surface area (Å²) in [5.74, 6) is 0.892. The molecule has 1 aromatic carbocycles. The SMILES string of the molecule is CC(CCCO)NC(=O)N1CCC(Oc2ccccc2)CC1. The second-order valence-electron chi connectivity index (χ2n) is 5.83. The first-order valence-electron chi connectivity index (χ1n) is 8.07. The van der Waals surface area contributed by atoms with E-state index in [4.69, 9.17) is 9.84 Å². The average Bonchev–Trinajstić information content (AvgIpc) is 2.54. The zero-order valence-corrected chi connectivity index (χ0v) is 13.2. The normalized spacial score (nSPS) is 17.1. The molecule has 0 aliphatic carbocycles. The summed E-state index contributed by atoms with van der Waals surface area (Å²) in [7, 11) is 0. The number of piperidine rings is 1. The molecule has 0 aromatic heterocycles. The number of hydrogen-bond donors (Lipinski definition) is 2. The average molecular weight is 306 g/mol. The highest BCUT2D eigenvalue weighted by molar-refractivity contribution is 5.74. The molecule has 0 saturated carbocycles. The van der Waals surface area contributed by atoms with Crippen LogP contribution in [0, 0.1) is 0 Å². The molecule has 5 heteroatoms. The Bertz CT molecular complexity index is 444. The quantitative estimate of drug-likeness (QED) is 0.848. The molecule has 1 fully saturated rings. The van der Waals surface area contributed by atoms with Gasteiger partial charge in [-0.1, -0.05) is 18.2 Å². The number of carbonyl (C=O) groups is 1. The number of likely N-dealkylation sites (tertiary alicyclic amines) is 1. The largest absolute Gasteiger partial charge is 0.490 e. The fourth-order valence-corrected chi connectivity index (χ4v) is 2.64. The van der Waals surface area contributed by atoms with E-state index in [1.807, 2.05) is 42.2 Å². The zero-order valence-electron chi connectivity index (χ0n) is 13.2. The fourth-order valence-electron chi connectivity index (χ4n) is 2.64. The molecule has 1 heterocycles. The summed E-state index contributed by atoms with van der Waals surface area (Å²) in [6.07, 6.45) is 3.41. The first kappa shape index (κ1) is 16.6. The Morgan fingerprint density at radius 3 is 2.68 bits per heavy atom. The van der Waals surface area contributed by atoms with E-state index in [0.29, 0.717) is 6.42 Å². The summed E-state index contributed by atoms with van der Waals surface area (Å²) in [4.78, 5) is 14.0. The van der Waals surface area contributed by atoms with E-state index < -0.39 is 0 Å². The summed E-state index contributed by atoms with van der Waals surface area (Å²) >= 11 is 0. The van der Waals surface area contributed by atoms with Crippen LogP contribution in [-0.2, 0) is 0 Å². The van der Waals surface area contributed by atoms with Gasteiger partial charge >= 0.3 is 6.03 Å². The molecule has 22 heavy (non-hydrogen) atoms. The van der Waals surface area contributed by atoms with Crippen molar-refractivity contribution < 1.29 is 14.6 Å². The van der Waals surface area contributed by atoms with Crippen LogP contribution < -0.4 is 10.1 Å². The Labute approximate surface area is 132 Å². The van der Waals surface area contributed by atoms with Gasteiger partial charge in [-0.25, -0.2) is 4.79 Å². The fraction of sp³-hybridized carbons (Fsp3) is 0.588. The number of hydrogen-bond acceptors (Lipinski definition) is 3. The molecule has 0 bridgehead atoms. The first-order valence-corrected chi connectivity index (χ1v) is 8.07. The van der Waals surface area contributed by atoms with Crippen molar-refractivity contribution in [2.24, 2.45) is 0 Å². The Balaban J connectivity index is 1.71. The number of nitrogens with one attached hydrogen (secondary N) is 1. The van der Waals surface area contributed by atoms with Gasteiger partial charge in [0, 0.05) is 38.6 Å². The van der Waals surface area contributed by atoms with Gasteiger partial charge in [0.2, 0.25) is 0 Å². The molecule has 0 radical (unpaired) electrons. The smallest absolute Gasteiger partial charge is 0.317 e. The van der Waals surface area contributed by atoms with Gasteiger partial charge in [0.1, 0.15) is 11.9 Å². The van der Waals surface area contributed by atoms with Crippen molar-refractivity contribution in [3.63, 3.8) is 0 Å². The van der Waals surface area contributed by atoms with Crippen molar-refractivity contribution >= 4 is 6.03 Å². The van der Waals surface area contributed by atoms with Gasteiger partial charge in [-0.05, 0) is 31.9 Å². The minimum atomic E-state index is -0.0106. The van der Waals surface area contributed by atoms with Crippen molar-refractivity contribution in [2.75, 3.05) is 19.7 Å². The van der Waals surface area contributed by atoms with Crippen LogP contribution >= 0.6 is 0 Å². The number of amides is 2. The number of nitrogens with zero attached hydrogens (tertiary/aromatic N) is 1. The standard InChI is InChI=1S/C17H26N2O3/c1-14(6-5-13-20)18-17(21)19-11-9-16(10-12-19)22-15-7-3-2-4-8-15/h2-4,7-8,14,16,20H,5-6,9-13H2,1H3,(H,18,21). The third kappa shape index (κ3) is 5.22. The summed E-state index contributed by atoms with van der Waals surface area (Å²) < 4.78 is 5.93. The van der Waals surface area contributed by atoms with Gasteiger partial charge in [0.15, 0.2) is 0 Å². The number of urea groups is 1. The molecule has 2 N–H and O–H groups in total. The molecule has 0 spiro atoms. The minimum Gasteiger partial charge on any atom is -0.490 e. The summed E-state index contributed by atoms with van der Waals surface area (Å²) in [5.41, 5.74) is 0. The Morgan fingerprint density at radius 1 is 1.36 bits per heavy atom. The van der Waals surface area contributed by atoms with Gasteiger partial charge in [0.05, 0.1) is 0 Å². The molecule has 1 saturated heterocycles. The third-order valence-electron chi connectivity index (χ3n) is 3.94. The van der Waals surface area contributed by atoms with Crippen molar-refractivity contribution in [3.05, 3.63) is 30.3 Å². The summed E-state index contributed by atoms with van der Waals surface area (Å²) in [6, 6.07) is 9.90. The monoisotopic (exact) mass is 306 g/mol. The third-order valence-corrected chi connectivity index (χ3v) is 3.94. The van der Waals surface area contributed by atoms with Gasteiger partial charge in [-0.15, -0.1) is 0 Å². The van der Waals surface area contributed by atoms with E-state index in [1.54, 1.807) is 0 Å². The lowest BCUT2D eigenvalue weighted by Gasteiger charge is -2.33. The lowest BCUT2D eigenvalue weighted by molar-refractivity contribution is 0.110.